The third-order valence-corrected chi connectivity index (χ3v) is 5.96. The molecule has 1 aromatic heterocycles. The van der Waals surface area contributed by atoms with Crippen molar-refractivity contribution in [2.75, 3.05) is 13.1 Å². The number of hydrogen-bond acceptors (Lipinski definition) is 8. The van der Waals surface area contributed by atoms with Gasteiger partial charge in [0, 0.05) is 30.8 Å². The number of nitro groups is 1. The molecule has 4 rings (SSSR count). The summed E-state index contributed by atoms with van der Waals surface area (Å²) in [5.41, 5.74) is -0.459. The van der Waals surface area contributed by atoms with Gasteiger partial charge in [0.1, 0.15) is 12.4 Å². The van der Waals surface area contributed by atoms with Crippen LogP contribution in [0.25, 0.3) is 17.0 Å². The van der Waals surface area contributed by atoms with Crippen molar-refractivity contribution in [1.82, 2.24) is 19.8 Å². The lowest BCUT2D eigenvalue weighted by atomic mass is 10.2. The molecule has 0 unspecified atom stereocenters. The van der Waals surface area contributed by atoms with E-state index in [2.05, 4.69) is 10.3 Å². The van der Waals surface area contributed by atoms with Crippen LogP contribution in [-0.4, -0.2) is 49.5 Å². The summed E-state index contributed by atoms with van der Waals surface area (Å²) in [7, 11) is 0. The molecule has 13 heteroatoms. The van der Waals surface area contributed by atoms with E-state index in [1.807, 2.05) is 0 Å². The second-order valence-corrected chi connectivity index (χ2v) is 8.33. The molecule has 2 heterocycles. The lowest BCUT2D eigenvalue weighted by Gasteiger charge is -2.13. The van der Waals surface area contributed by atoms with Gasteiger partial charge in [-0.3, -0.25) is 38.8 Å². The largest absolute Gasteiger partial charge is 0.353 e. The number of benzene rings is 2. The Hall–Kier alpha value is -4.39. The summed E-state index contributed by atoms with van der Waals surface area (Å²) < 4.78 is 14.9. The van der Waals surface area contributed by atoms with Gasteiger partial charge in [-0.15, -0.1) is 0 Å². The molecule has 0 bridgehead atoms. The Morgan fingerprint density at radius 2 is 1.97 bits per heavy atom. The molecule has 3 amide bonds. The average Bonchev–Trinajstić information content (AvgIpc) is 3.09. The van der Waals surface area contributed by atoms with Crippen LogP contribution in [0.4, 0.5) is 14.9 Å². The summed E-state index contributed by atoms with van der Waals surface area (Å²) in [4.78, 5) is 64.8. The van der Waals surface area contributed by atoms with Crippen LogP contribution in [0.15, 0.2) is 58.5 Å². The zero-order chi connectivity index (χ0) is 25.1. The molecule has 0 atom stereocenters. The highest BCUT2D eigenvalue weighted by Gasteiger charge is 2.34. The number of hydrogen-bond donors (Lipinski definition) is 1. The van der Waals surface area contributed by atoms with Crippen molar-refractivity contribution in [2.45, 2.75) is 6.54 Å². The van der Waals surface area contributed by atoms with Gasteiger partial charge in [-0.25, -0.2) is 9.37 Å². The lowest BCUT2D eigenvalue weighted by Crippen LogP contribution is -2.39. The second-order valence-electron chi connectivity index (χ2n) is 7.34. The number of non-ortho nitro benzene ring substituents is 1. The van der Waals surface area contributed by atoms with Gasteiger partial charge in [-0.2, -0.15) is 0 Å². The van der Waals surface area contributed by atoms with Crippen LogP contribution in [0.5, 0.6) is 0 Å². The van der Waals surface area contributed by atoms with Crippen LogP contribution in [0, 0.1) is 15.9 Å². The van der Waals surface area contributed by atoms with Gasteiger partial charge < -0.3 is 5.32 Å². The van der Waals surface area contributed by atoms with Crippen molar-refractivity contribution in [3.05, 3.63) is 85.5 Å². The van der Waals surface area contributed by atoms with Gasteiger partial charge in [0.05, 0.1) is 27.1 Å². The third kappa shape index (κ3) is 5.09. The van der Waals surface area contributed by atoms with E-state index >= 15 is 0 Å². The van der Waals surface area contributed by atoms with Crippen LogP contribution in [0.2, 0.25) is 0 Å². The first-order valence-corrected chi connectivity index (χ1v) is 11.0. The number of thioether (sulfide) groups is 1. The Kier molecular flexibility index (Phi) is 6.68. The maximum atomic E-state index is 13.8. The number of imide groups is 1. The predicted octanol–water partition coefficient (Wildman–Crippen LogP) is 2.30. The number of aromatic nitrogens is 2. The minimum atomic E-state index is -0.604. The quantitative estimate of drug-likeness (QED) is 0.297. The lowest BCUT2D eigenvalue weighted by molar-refractivity contribution is -0.384. The highest BCUT2D eigenvalue weighted by Crippen LogP contribution is 2.32. The third-order valence-electron chi connectivity index (χ3n) is 5.06. The summed E-state index contributed by atoms with van der Waals surface area (Å²) in [5.74, 6) is -1.69. The fourth-order valence-electron chi connectivity index (χ4n) is 3.32. The van der Waals surface area contributed by atoms with E-state index in [9.17, 15) is 33.7 Å². The number of halogens is 1. The molecule has 0 radical (unpaired) electrons. The number of nitro benzene ring substituents is 1. The van der Waals surface area contributed by atoms with Crippen LogP contribution in [0.3, 0.4) is 0 Å². The number of nitrogens with zero attached hydrogens (tertiary/aromatic N) is 4. The highest BCUT2D eigenvalue weighted by molar-refractivity contribution is 8.18. The minimum Gasteiger partial charge on any atom is -0.353 e. The number of fused-ring (bicyclic) bond motifs is 1. The van der Waals surface area contributed by atoms with Crippen LogP contribution >= 0.6 is 11.8 Å². The van der Waals surface area contributed by atoms with Crippen LogP contribution in [-0.2, 0) is 16.1 Å². The molecule has 0 spiro atoms. The molecular formula is C22H16FN5O6S. The van der Waals surface area contributed by atoms with Gasteiger partial charge in [0.15, 0.2) is 0 Å². The van der Waals surface area contributed by atoms with Crippen molar-refractivity contribution in [3.63, 3.8) is 0 Å². The predicted molar refractivity (Wildman–Crippen MR) is 125 cm³/mol. The number of carbonyl (C=O) groups is 3. The molecule has 178 valence electrons. The molecule has 1 N–H and O–H groups in total. The van der Waals surface area contributed by atoms with E-state index in [0.717, 1.165) is 21.9 Å². The van der Waals surface area contributed by atoms with Crippen LogP contribution < -0.4 is 10.9 Å². The Morgan fingerprint density at radius 1 is 1.20 bits per heavy atom. The van der Waals surface area contributed by atoms with Crippen LogP contribution in [0.1, 0.15) is 5.56 Å². The standard InChI is InChI=1S/C22H16FN5O6S/c23-16-4-2-1-3-13(16)9-18-21(31)27(22(32)35-18)8-7-24-19(29)11-26-12-25-17-10-14(28(33)34)5-6-15(17)20(26)30/h1-6,9-10,12H,7-8,11H2,(H,24,29)/b18-9+. The van der Waals surface area contributed by atoms with Crippen molar-refractivity contribution >= 4 is 51.5 Å². The fourth-order valence-corrected chi connectivity index (χ4v) is 4.17. The van der Waals surface area contributed by atoms with Crippen molar-refractivity contribution in [1.29, 1.82) is 0 Å². The number of nitrogens with one attached hydrogen (secondary N) is 1. The van der Waals surface area contributed by atoms with Gasteiger partial charge in [-0.1, -0.05) is 18.2 Å². The molecule has 35 heavy (non-hydrogen) atoms. The topological polar surface area (TPSA) is 145 Å². The number of amides is 3. The first kappa shape index (κ1) is 23.8. The minimum absolute atomic E-state index is 0.0637. The Balaban J connectivity index is 1.36. The van der Waals surface area contributed by atoms with Gasteiger partial charge in [-0.05, 0) is 30.0 Å². The summed E-state index contributed by atoms with van der Waals surface area (Å²) >= 11 is 0.676. The normalized spacial score (nSPS) is 14.7. The Bertz CT molecular complexity index is 1470. The van der Waals surface area contributed by atoms with E-state index in [-0.39, 0.29) is 46.7 Å². The van der Waals surface area contributed by atoms with Crippen molar-refractivity contribution in [3.8, 4) is 0 Å². The van der Waals surface area contributed by atoms with E-state index in [1.54, 1.807) is 6.07 Å². The molecule has 1 aliphatic rings. The van der Waals surface area contributed by atoms with Gasteiger partial charge >= 0.3 is 0 Å². The fraction of sp³-hybridized carbons (Fsp3) is 0.136. The van der Waals surface area contributed by atoms with E-state index in [4.69, 9.17) is 0 Å². The monoisotopic (exact) mass is 497 g/mol. The molecule has 1 aliphatic heterocycles. The molecule has 1 fully saturated rings. The zero-order valence-corrected chi connectivity index (χ0v) is 18.7. The molecule has 3 aromatic rings. The first-order chi connectivity index (χ1) is 16.7. The van der Waals surface area contributed by atoms with Gasteiger partial charge in [0.2, 0.25) is 5.91 Å². The van der Waals surface area contributed by atoms with E-state index in [0.29, 0.717) is 11.8 Å². The second kappa shape index (κ2) is 9.85. The van der Waals surface area contributed by atoms with Crippen molar-refractivity contribution in [2.24, 2.45) is 0 Å². The highest BCUT2D eigenvalue weighted by atomic mass is 32.2. The SMILES string of the molecule is O=C(Cn1cnc2cc([N+](=O)[O-])ccc2c1=O)NCCN1C(=O)S/C(=C/c2ccccc2F)C1=O. The molecule has 1 saturated heterocycles. The molecule has 0 saturated carbocycles. The maximum Gasteiger partial charge on any atom is 0.293 e. The smallest absolute Gasteiger partial charge is 0.293 e. The zero-order valence-electron chi connectivity index (χ0n) is 17.8. The average molecular weight is 497 g/mol. The molecule has 0 aliphatic carbocycles. The Morgan fingerprint density at radius 3 is 2.71 bits per heavy atom. The molecular weight excluding hydrogens is 481 g/mol. The van der Waals surface area contributed by atoms with E-state index < -0.39 is 33.4 Å². The van der Waals surface area contributed by atoms with Gasteiger partial charge in [0.25, 0.3) is 22.4 Å². The Labute approximate surface area is 200 Å². The number of rotatable bonds is 7. The first-order valence-electron chi connectivity index (χ1n) is 10.1. The summed E-state index contributed by atoms with van der Waals surface area (Å²) in [5, 5.41) is 13.0. The number of carbonyl (C=O) groups excluding carboxylic acids is 3. The van der Waals surface area contributed by atoms with Crippen molar-refractivity contribution < 1.29 is 23.7 Å². The summed E-state index contributed by atoms with van der Waals surface area (Å²) in [6.45, 7) is -0.556. The summed E-state index contributed by atoms with van der Waals surface area (Å²) in [6, 6.07) is 9.45. The summed E-state index contributed by atoms with van der Waals surface area (Å²) in [6.07, 6.45) is 2.41. The molecule has 11 nitrogen and oxygen atoms in total. The maximum absolute atomic E-state index is 13.8. The van der Waals surface area contributed by atoms with E-state index in [1.165, 1.54) is 36.4 Å². The molecule has 2 aromatic carbocycles.